The van der Waals surface area contributed by atoms with Crippen molar-refractivity contribution < 1.29 is 9.53 Å². The highest BCUT2D eigenvalue weighted by Gasteiger charge is 2.18. The second-order valence-corrected chi connectivity index (χ2v) is 2.45. The van der Waals surface area contributed by atoms with E-state index < -0.39 is 6.09 Å². The molecule has 0 radical (unpaired) electrons. The highest BCUT2D eigenvalue weighted by atomic mass is 16.5. The Kier molecular flexibility index (Phi) is 2.89. The Morgan fingerprint density at radius 2 is 2.55 bits per heavy atom. The van der Waals surface area contributed by atoms with Gasteiger partial charge in [0.2, 0.25) is 0 Å². The van der Waals surface area contributed by atoms with E-state index in [2.05, 4.69) is 15.3 Å². The molecule has 1 rings (SSSR count). The number of carbonyl (C=O) groups excluding carboxylic acids is 1. The van der Waals surface area contributed by atoms with Gasteiger partial charge in [-0.05, 0) is 25.7 Å². The molecule has 0 unspecified atom stereocenters. The van der Waals surface area contributed by atoms with Crippen molar-refractivity contribution in [1.29, 1.82) is 0 Å². The summed E-state index contributed by atoms with van der Waals surface area (Å²) in [4.78, 5) is 10.6. The Labute approximate surface area is 65.6 Å². The fraction of sp³-hybridized carbons (Fsp3) is 0.714. The minimum atomic E-state index is -0.482. The number of hydrogen-bond acceptors (Lipinski definition) is 3. The SMILES string of the molecule is CCOC(=O)N/N=C/C1CC1. The van der Waals surface area contributed by atoms with Gasteiger partial charge >= 0.3 is 6.09 Å². The molecule has 0 aromatic carbocycles. The molecule has 0 heterocycles. The molecule has 0 saturated heterocycles. The first kappa shape index (κ1) is 8.04. The smallest absolute Gasteiger partial charge is 0.427 e. The molecule has 1 amide bonds. The van der Waals surface area contributed by atoms with E-state index in [0.717, 1.165) is 0 Å². The standard InChI is InChI=1S/C7H12N2O2/c1-2-11-7(10)9-8-5-6-3-4-6/h5-6H,2-4H2,1H3,(H,9,10)/b8-5+. The number of carbonyl (C=O) groups is 1. The van der Waals surface area contributed by atoms with Gasteiger partial charge in [0.05, 0.1) is 6.61 Å². The monoisotopic (exact) mass is 156 g/mol. The number of nitrogens with one attached hydrogen (secondary N) is 1. The summed E-state index contributed by atoms with van der Waals surface area (Å²) >= 11 is 0. The van der Waals surface area contributed by atoms with Gasteiger partial charge in [0, 0.05) is 6.21 Å². The van der Waals surface area contributed by atoms with Crippen LogP contribution in [0.3, 0.4) is 0 Å². The van der Waals surface area contributed by atoms with E-state index in [4.69, 9.17) is 0 Å². The molecule has 62 valence electrons. The summed E-state index contributed by atoms with van der Waals surface area (Å²) in [6.45, 7) is 2.13. The first-order chi connectivity index (χ1) is 5.33. The third-order valence-electron chi connectivity index (χ3n) is 1.34. The minimum Gasteiger partial charge on any atom is -0.449 e. The number of nitrogens with zero attached hydrogens (tertiary/aromatic N) is 1. The van der Waals surface area contributed by atoms with Crippen LogP contribution in [-0.4, -0.2) is 18.9 Å². The van der Waals surface area contributed by atoms with E-state index in [0.29, 0.717) is 12.5 Å². The molecule has 0 aromatic heterocycles. The summed E-state index contributed by atoms with van der Waals surface area (Å²) in [5.41, 5.74) is 2.26. The number of ether oxygens (including phenoxy) is 1. The fourth-order valence-electron chi connectivity index (χ4n) is 0.604. The molecule has 1 saturated carbocycles. The van der Waals surface area contributed by atoms with Crippen molar-refractivity contribution in [1.82, 2.24) is 5.43 Å². The first-order valence-corrected chi connectivity index (χ1v) is 3.79. The van der Waals surface area contributed by atoms with Gasteiger partial charge < -0.3 is 4.74 Å². The van der Waals surface area contributed by atoms with Gasteiger partial charge in [-0.2, -0.15) is 5.10 Å². The van der Waals surface area contributed by atoms with Crippen LogP contribution in [0.4, 0.5) is 4.79 Å². The van der Waals surface area contributed by atoms with Crippen LogP contribution in [0.15, 0.2) is 5.10 Å². The van der Waals surface area contributed by atoms with Crippen molar-refractivity contribution in [3.05, 3.63) is 0 Å². The lowest BCUT2D eigenvalue weighted by atomic mass is 10.5. The highest BCUT2D eigenvalue weighted by molar-refractivity contribution is 5.70. The largest absolute Gasteiger partial charge is 0.449 e. The summed E-state index contributed by atoms with van der Waals surface area (Å²) in [5.74, 6) is 0.580. The molecule has 0 spiro atoms. The molecular weight excluding hydrogens is 144 g/mol. The first-order valence-electron chi connectivity index (χ1n) is 3.79. The second-order valence-electron chi connectivity index (χ2n) is 2.45. The number of rotatable bonds is 3. The zero-order valence-electron chi connectivity index (χ0n) is 6.54. The van der Waals surface area contributed by atoms with Crippen LogP contribution >= 0.6 is 0 Å². The zero-order valence-corrected chi connectivity index (χ0v) is 6.54. The van der Waals surface area contributed by atoms with Crippen LogP contribution in [0.1, 0.15) is 19.8 Å². The van der Waals surface area contributed by atoms with E-state index in [9.17, 15) is 4.79 Å². The zero-order chi connectivity index (χ0) is 8.10. The van der Waals surface area contributed by atoms with Gasteiger partial charge in [0.25, 0.3) is 0 Å². The van der Waals surface area contributed by atoms with Crippen molar-refractivity contribution in [3.63, 3.8) is 0 Å². The van der Waals surface area contributed by atoms with E-state index in [-0.39, 0.29) is 0 Å². The topological polar surface area (TPSA) is 50.7 Å². The Hall–Kier alpha value is -1.06. The molecule has 1 aliphatic carbocycles. The Balaban J connectivity index is 2.04. The predicted molar refractivity (Wildman–Crippen MR) is 41.4 cm³/mol. The third-order valence-corrected chi connectivity index (χ3v) is 1.34. The average Bonchev–Trinajstić information content (AvgIpc) is 2.72. The fourth-order valence-corrected chi connectivity index (χ4v) is 0.604. The molecule has 0 bridgehead atoms. The van der Waals surface area contributed by atoms with Gasteiger partial charge in [-0.3, -0.25) is 0 Å². The molecule has 0 aliphatic heterocycles. The van der Waals surface area contributed by atoms with E-state index in [1.807, 2.05) is 0 Å². The molecule has 11 heavy (non-hydrogen) atoms. The summed E-state index contributed by atoms with van der Waals surface area (Å²) < 4.78 is 4.58. The van der Waals surface area contributed by atoms with Crippen LogP contribution in [0.5, 0.6) is 0 Å². The molecule has 4 nitrogen and oxygen atoms in total. The molecule has 4 heteroatoms. The highest BCUT2D eigenvalue weighted by Crippen LogP contribution is 2.25. The second kappa shape index (κ2) is 3.95. The maximum absolute atomic E-state index is 10.6. The van der Waals surface area contributed by atoms with E-state index in [1.54, 1.807) is 13.1 Å². The average molecular weight is 156 g/mol. The molecule has 0 atom stereocenters. The van der Waals surface area contributed by atoms with Crippen LogP contribution in [0, 0.1) is 5.92 Å². The Bertz CT molecular complexity index is 164. The van der Waals surface area contributed by atoms with Crippen LogP contribution in [0.2, 0.25) is 0 Å². The molecule has 1 fully saturated rings. The summed E-state index contributed by atoms with van der Waals surface area (Å²) in [7, 11) is 0. The maximum atomic E-state index is 10.6. The van der Waals surface area contributed by atoms with E-state index in [1.165, 1.54) is 12.8 Å². The normalized spacial score (nSPS) is 16.8. The summed E-state index contributed by atoms with van der Waals surface area (Å²) in [6.07, 6.45) is 3.64. The van der Waals surface area contributed by atoms with Gasteiger partial charge in [-0.25, -0.2) is 10.2 Å². The van der Waals surface area contributed by atoms with Crippen molar-refractivity contribution in [2.45, 2.75) is 19.8 Å². The van der Waals surface area contributed by atoms with Crippen molar-refractivity contribution in [2.75, 3.05) is 6.61 Å². The van der Waals surface area contributed by atoms with Crippen LogP contribution in [-0.2, 0) is 4.74 Å². The molecule has 1 N–H and O–H groups in total. The predicted octanol–water partition coefficient (Wildman–Crippen LogP) is 1.13. The summed E-state index contributed by atoms with van der Waals surface area (Å²) in [5, 5.41) is 3.70. The lowest BCUT2D eigenvalue weighted by Crippen LogP contribution is -2.18. The quantitative estimate of drug-likeness (QED) is 0.492. The molecule has 0 aromatic rings. The van der Waals surface area contributed by atoms with Crippen LogP contribution < -0.4 is 5.43 Å². The van der Waals surface area contributed by atoms with Crippen molar-refractivity contribution in [2.24, 2.45) is 11.0 Å². The minimum absolute atomic E-state index is 0.380. The summed E-state index contributed by atoms with van der Waals surface area (Å²) in [6, 6.07) is 0. The van der Waals surface area contributed by atoms with Crippen molar-refractivity contribution >= 4 is 12.3 Å². The van der Waals surface area contributed by atoms with Gasteiger partial charge in [0.15, 0.2) is 0 Å². The number of hydrogen-bond donors (Lipinski definition) is 1. The van der Waals surface area contributed by atoms with E-state index >= 15 is 0 Å². The number of amides is 1. The van der Waals surface area contributed by atoms with Crippen LogP contribution in [0.25, 0.3) is 0 Å². The Morgan fingerprint density at radius 3 is 3.09 bits per heavy atom. The molecular formula is C7H12N2O2. The van der Waals surface area contributed by atoms with Gasteiger partial charge in [0.1, 0.15) is 0 Å². The maximum Gasteiger partial charge on any atom is 0.427 e. The Morgan fingerprint density at radius 1 is 1.82 bits per heavy atom. The third kappa shape index (κ3) is 3.60. The lowest BCUT2D eigenvalue weighted by molar-refractivity contribution is 0.152. The lowest BCUT2D eigenvalue weighted by Gasteiger charge is -1.97. The van der Waals surface area contributed by atoms with Crippen molar-refractivity contribution in [3.8, 4) is 0 Å². The van der Waals surface area contributed by atoms with Gasteiger partial charge in [-0.15, -0.1) is 0 Å². The van der Waals surface area contributed by atoms with Gasteiger partial charge in [-0.1, -0.05) is 0 Å². The number of hydrazone groups is 1. The molecule has 1 aliphatic rings.